The third-order valence-electron chi connectivity index (χ3n) is 2.41. The molecule has 1 aliphatic carbocycles. The molecule has 1 atom stereocenters. The van der Waals surface area contributed by atoms with Crippen molar-refractivity contribution in [2.75, 3.05) is 7.11 Å². The lowest BCUT2D eigenvalue weighted by molar-refractivity contribution is -0.146. The largest absolute Gasteiger partial charge is 0.469 e. The van der Waals surface area contributed by atoms with Crippen LogP contribution in [0.5, 0.6) is 0 Å². The maximum Gasteiger partial charge on any atom is 0.306 e. The van der Waals surface area contributed by atoms with E-state index in [-0.39, 0.29) is 23.9 Å². The van der Waals surface area contributed by atoms with Gasteiger partial charge in [-0.1, -0.05) is 0 Å². The Labute approximate surface area is 82.6 Å². The van der Waals surface area contributed by atoms with Crippen LogP contribution >= 0.6 is 0 Å². The van der Waals surface area contributed by atoms with E-state index in [2.05, 4.69) is 4.74 Å². The van der Waals surface area contributed by atoms with Crippen molar-refractivity contribution in [2.24, 2.45) is 11.8 Å². The highest BCUT2D eigenvalue weighted by molar-refractivity contribution is 6.05. The van der Waals surface area contributed by atoms with Crippen molar-refractivity contribution in [1.29, 1.82) is 0 Å². The van der Waals surface area contributed by atoms with E-state index in [9.17, 15) is 14.4 Å². The summed E-state index contributed by atoms with van der Waals surface area (Å²) in [6.45, 7) is 1.34. The molecule has 0 spiro atoms. The molecule has 4 nitrogen and oxygen atoms in total. The van der Waals surface area contributed by atoms with Crippen molar-refractivity contribution in [3.05, 3.63) is 0 Å². The average Bonchev–Trinajstić information content (AvgIpc) is 2.95. The van der Waals surface area contributed by atoms with Crippen LogP contribution in [0.2, 0.25) is 0 Å². The lowest BCUT2D eigenvalue weighted by Crippen LogP contribution is -2.26. The number of Topliss-reactive ketones (excluding diaryl/α,β-unsaturated/α-hetero) is 2. The molecule has 78 valence electrons. The van der Waals surface area contributed by atoms with Crippen molar-refractivity contribution in [2.45, 2.75) is 26.2 Å². The van der Waals surface area contributed by atoms with E-state index in [1.807, 2.05) is 0 Å². The summed E-state index contributed by atoms with van der Waals surface area (Å²) in [6.07, 6.45) is 1.59. The number of methoxy groups -OCH3 is 1. The summed E-state index contributed by atoms with van der Waals surface area (Å²) < 4.78 is 4.44. The first-order chi connectivity index (χ1) is 6.56. The molecular formula is C10H14O4. The highest BCUT2D eigenvalue weighted by Gasteiger charge is 2.37. The van der Waals surface area contributed by atoms with E-state index >= 15 is 0 Å². The number of hydrogen-bond donors (Lipinski definition) is 0. The van der Waals surface area contributed by atoms with Gasteiger partial charge < -0.3 is 4.74 Å². The van der Waals surface area contributed by atoms with Gasteiger partial charge in [0.05, 0.1) is 19.4 Å². The molecule has 1 unspecified atom stereocenters. The van der Waals surface area contributed by atoms with Gasteiger partial charge in [0, 0.05) is 5.92 Å². The Balaban J connectivity index is 2.58. The van der Waals surface area contributed by atoms with Gasteiger partial charge in [0.15, 0.2) is 0 Å². The number of hydrogen-bond acceptors (Lipinski definition) is 4. The van der Waals surface area contributed by atoms with Crippen molar-refractivity contribution in [1.82, 2.24) is 0 Å². The van der Waals surface area contributed by atoms with E-state index in [4.69, 9.17) is 0 Å². The Morgan fingerprint density at radius 1 is 1.36 bits per heavy atom. The predicted octanol–water partition coefficient (Wildman–Crippen LogP) is 0.734. The third-order valence-corrected chi connectivity index (χ3v) is 2.41. The first kappa shape index (κ1) is 10.9. The van der Waals surface area contributed by atoms with E-state index < -0.39 is 11.9 Å². The molecule has 0 aromatic rings. The second-order valence-electron chi connectivity index (χ2n) is 3.62. The van der Waals surface area contributed by atoms with Crippen LogP contribution in [0.4, 0.5) is 0 Å². The zero-order chi connectivity index (χ0) is 10.7. The quantitative estimate of drug-likeness (QED) is 0.482. The average molecular weight is 198 g/mol. The molecule has 14 heavy (non-hydrogen) atoms. The summed E-state index contributed by atoms with van der Waals surface area (Å²) in [6, 6.07) is 0. The number of esters is 1. The molecule has 0 heterocycles. The number of ketones is 2. The van der Waals surface area contributed by atoms with Crippen molar-refractivity contribution >= 4 is 17.5 Å². The molecule has 4 heteroatoms. The molecule has 0 saturated heterocycles. The fourth-order valence-corrected chi connectivity index (χ4v) is 1.35. The van der Waals surface area contributed by atoms with Gasteiger partial charge in [-0.05, 0) is 19.8 Å². The number of carbonyl (C=O) groups excluding carboxylic acids is 3. The summed E-state index contributed by atoms with van der Waals surface area (Å²) in [5, 5.41) is 0. The molecule has 1 aliphatic rings. The van der Waals surface area contributed by atoms with E-state index in [0.29, 0.717) is 0 Å². The summed E-state index contributed by atoms with van der Waals surface area (Å²) >= 11 is 0. The van der Waals surface area contributed by atoms with E-state index in [0.717, 1.165) is 12.8 Å². The van der Waals surface area contributed by atoms with Crippen LogP contribution in [0.25, 0.3) is 0 Å². The van der Waals surface area contributed by atoms with Crippen LogP contribution < -0.4 is 0 Å². The molecule has 0 aromatic heterocycles. The fourth-order valence-electron chi connectivity index (χ4n) is 1.35. The minimum Gasteiger partial charge on any atom is -0.469 e. The number of ether oxygens (including phenoxy) is 1. The highest BCUT2D eigenvalue weighted by atomic mass is 16.5. The van der Waals surface area contributed by atoms with Gasteiger partial charge in [0.25, 0.3) is 0 Å². The minimum absolute atomic E-state index is 0.00792. The standard InChI is InChI=1S/C10H14O4/c1-6(11)8(5-9(12)14-2)10(13)7-3-4-7/h7-8H,3-5H2,1-2H3. The van der Waals surface area contributed by atoms with Crippen molar-refractivity contribution < 1.29 is 19.1 Å². The van der Waals surface area contributed by atoms with Gasteiger partial charge >= 0.3 is 5.97 Å². The Morgan fingerprint density at radius 2 is 1.93 bits per heavy atom. The molecule has 0 radical (unpaired) electrons. The van der Waals surface area contributed by atoms with Gasteiger partial charge in [0.1, 0.15) is 11.6 Å². The molecule has 0 bridgehead atoms. The number of carbonyl (C=O) groups is 3. The topological polar surface area (TPSA) is 60.4 Å². The smallest absolute Gasteiger partial charge is 0.306 e. The first-order valence-electron chi connectivity index (χ1n) is 4.67. The second-order valence-corrected chi connectivity index (χ2v) is 3.62. The predicted molar refractivity (Wildman–Crippen MR) is 48.5 cm³/mol. The van der Waals surface area contributed by atoms with Crippen LogP contribution in [0, 0.1) is 11.8 Å². The lowest BCUT2D eigenvalue weighted by Gasteiger charge is -2.10. The molecule has 0 amide bonds. The molecular weight excluding hydrogens is 184 g/mol. The fraction of sp³-hybridized carbons (Fsp3) is 0.700. The van der Waals surface area contributed by atoms with Crippen molar-refractivity contribution in [3.63, 3.8) is 0 Å². The van der Waals surface area contributed by atoms with Gasteiger partial charge in [-0.15, -0.1) is 0 Å². The van der Waals surface area contributed by atoms with Crippen LogP contribution in [0.1, 0.15) is 26.2 Å². The van der Waals surface area contributed by atoms with Crippen LogP contribution in [-0.4, -0.2) is 24.6 Å². The minimum atomic E-state index is -0.782. The van der Waals surface area contributed by atoms with Crippen LogP contribution in [-0.2, 0) is 19.1 Å². The summed E-state index contributed by atoms with van der Waals surface area (Å²) in [5.41, 5.74) is 0. The maximum atomic E-state index is 11.6. The van der Waals surface area contributed by atoms with Gasteiger partial charge in [-0.2, -0.15) is 0 Å². The molecule has 0 aromatic carbocycles. The third kappa shape index (κ3) is 2.65. The number of rotatable bonds is 5. The highest BCUT2D eigenvalue weighted by Crippen LogP contribution is 2.33. The zero-order valence-electron chi connectivity index (χ0n) is 8.41. The lowest BCUT2D eigenvalue weighted by atomic mass is 9.93. The molecule has 1 fully saturated rings. The maximum absolute atomic E-state index is 11.6. The summed E-state index contributed by atoms with van der Waals surface area (Å²) in [4.78, 5) is 33.7. The summed E-state index contributed by atoms with van der Waals surface area (Å²) in [7, 11) is 1.25. The van der Waals surface area contributed by atoms with Crippen LogP contribution in [0.15, 0.2) is 0 Å². The monoisotopic (exact) mass is 198 g/mol. The summed E-state index contributed by atoms with van der Waals surface area (Å²) in [5.74, 6) is -1.61. The Hall–Kier alpha value is -1.19. The van der Waals surface area contributed by atoms with Crippen molar-refractivity contribution in [3.8, 4) is 0 Å². The molecule has 0 N–H and O–H groups in total. The molecule has 1 saturated carbocycles. The first-order valence-corrected chi connectivity index (χ1v) is 4.67. The Morgan fingerprint density at radius 3 is 2.29 bits per heavy atom. The van der Waals surface area contributed by atoms with Crippen LogP contribution in [0.3, 0.4) is 0 Å². The van der Waals surface area contributed by atoms with E-state index in [1.54, 1.807) is 0 Å². The second kappa shape index (κ2) is 4.35. The van der Waals surface area contributed by atoms with Gasteiger partial charge in [-0.3, -0.25) is 14.4 Å². The molecule has 1 rings (SSSR count). The Kier molecular flexibility index (Phi) is 3.38. The Bertz CT molecular complexity index is 265. The SMILES string of the molecule is COC(=O)CC(C(C)=O)C(=O)C1CC1. The normalized spacial score (nSPS) is 17.3. The van der Waals surface area contributed by atoms with E-state index in [1.165, 1.54) is 14.0 Å². The van der Waals surface area contributed by atoms with Gasteiger partial charge in [0.2, 0.25) is 0 Å². The molecule has 0 aliphatic heterocycles. The zero-order valence-corrected chi connectivity index (χ0v) is 8.41. The van der Waals surface area contributed by atoms with Gasteiger partial charge in [-0.25, -0.2) is 0 Å².